The molecule has 0 unspecified atom stereocenters. The zero-order valence-corrected chi connectivity index (χ0v) is 8.53. The molecule has 14 heavy (non-hydrogen) atoms. The SMILES string of the molecule is C=Cc1nc(C(C)C)cc(=O)n1C=C. The van der Waals surface area contributed by atoms with E-state index in [9.17, 15) is 4.79 Å². The molecule has 0 aromatic carbocycles. The lowest BCUT2D eigenvalue weighted by Gasteiger charge is -2.08. The zero-order valence-electron chi connectivity index (χ0n) is 8.53. The van der Waals surface area contributed by atoms with Crippen molar-refractivity contribution in [2.45, 2.75) is 19.8 Å². The van der Waals surface area contributed by atoms with Crippen LogP contribution < -0.4 is 5.56 Å². The molecule has 0 aliphatic heterocycles. The van der Waals surface area contributed by atoms with Crippen LogP contribution in [-0.4, -0.2) is 9.55 Å². The fourth-order valence-electron chi connectivity index (χ4n) is 1.15. The molecule has 0 saturated carbocycles. The molecule has 0 aliphatic rings. The van der Waals surface area contributed by atoms with Crippen molar-refractivity contribution < 1.29 is 0 Å². The molecule has 1 aromatic heterocycles. The van der Waals surface area contributed by atoms with Gasteiger partial charge >= 0.3 is 0 Å². The van der Waals surface area contributed by atoms with E-state index >= 15 is 0 Å². The van der Waals surface area contributed by atoms with Crippen molar-refractivity contribution in [3.05, 3.63) is 41.1 Å². The standard InChI is InChI=1S/C11H14N2O/c1-5-10-12-9(8(3)4)7-11(14)13(10)6-2/h5-8H,1-2H2,3-4H3. The maximum absolute atomic E-state index is 11.6. The maximum Gasteiger partial charge on any atom is 0.258 e. The molecule has 1 aromatic rings. The highest BCUT2D eigenvalue weighted by atomic mass is 16.1. The molecule has 0 spiro atoms. The van der Waals surface area contributed by atoms with Crippen molar-refractivity contribution in [3.63, 3.8) is 0 Å². The minimum absolute atomic E-state index is 0.117. The average molecular weight is 190 g/mol. The Morgan fingerprint density at radius 2 is 2.14 bits per heavy atom. The van der Waals surface area contributed by atoms with Crippen LogP contribution in [-0.2, 0) is 0 Å². The van der Waals surface area contributed by atoms with Gasteiger partial charge in [-0.05, 0) is 12.0 Å². The zero-order chi connectivity index (χ0) is 10.7. The van der Waals surface area contributed by atoms with Gasteiger partial charge in [0.15, 0.2) is 0 Å². The topological polar surface area (TPSA) is 34.9 Å². The van der Waals surface area contributed by atoms with E-state index in [1.54, 1.807) is 6.08 Å². The fourth-order valence-corrected chi connectivity index (χ4v) is 1.15. The van der Waals surface area contributed by atoms with Crippen molar-refractivity contribution in [1.82, 2.24) is 9.55 Å². The van der Waals surface area contributed by atoms with Crippen LogP contribution in [0, 0.1) is 0 Å². The van der Waals surface area contributed by atoms with Gasteiger partial charge in [-0.2, -0.15) is 0 Å². The van der Waals surface area contributed by atoms with Crippen molar-refractivity contribution >= 4 is 12.3 Å². The van der Waals surface area contributed by atoms with Gasteiger partial charge in [-0.15, -0.1) is 0 Å². The molecule has 1 heterocycles. The molecule has 3 heteroatoms. The third-order valence-corrected chi connectivity index (χ3v) is 1.96. The molecule has 3 nitrogen and oxygen atoms in total. The Labute approximate surface area is 83.4 Å². The molecule has 0 bridgehead atoms. The predicted molar refractivity (Wildman–Crippen MR) is 59.1 cm³/mol. The minimum atomic E-state index is -0.117. The summed E-state index contributed by atoms with van der Waals surface area (Å²) in [5, 5.41) is 0. The summed E-state index contributed by atoms with van der Waals surface area (Å²) >= 11 is 0. The van der Waals surface area contributed by atoms with Gasteiger partial charge in [0, 0.05) is 12.3 Å². The van der Waals surface area contributed by atoms with E-state index < -0.39 is 0 Å². The lowest BCUT2D eigenvalue weighted by molar-refractivity contribution is 0.791. The molecule has 0 radical (unpaired) electrons. The number of hydrogen-bond donors (Lipinski definition) is 0. The Morgan fingerprint density at radius 3 is 2.57 bits per heavy atom. The summed E-state index contributed by atoms with van der Waals surface area (Å²) in [6.45, 7) is 11.1. The highest BCUT2D eigenvalue weighted by Crippen LogP contribution is 2.09. The van der Waals surface area contributed by atoms with E-state index in [2.05, 4.69) is 18.1 Å². The maximum atomic E-state index is 11.6. The van der Waals surface area contributed by atoms with Crippen LogP contribution in [0.3, 0.4) is 0 Å². The molecular formula is C11H14N2O. The van der Waals surface area contributed by atoms with Gasteiger partial charge in [-0.25, -0.2) is 4.98 Å². The summed E-state index contributed by atoms with van der Waals surface area (Å²) in [5.74, 6) is 0.775. The van der Waals surface area contributed by atoms with Crippen molar-refractivity contribution in [2.24, 2.45) is 0 Å². The van der Waals surface area contributed by atoms with Crippen LogP contribution in [0.2, 0.25) is 0 Å². The monoisotopic (exact) mass is 190 g/mol. The van der Waals surface area contributed by atoms with Gasteiger partial charge in [0.2, 0.25) is 0 Å². The average Bonchev–Trinajstić information content (AvgIpc) is 2.16. The van der Waals surface area contributed by atoms with E-state index in [0.29, 0.717) is 5.82 Å². The first-order chi connectivity index (χ1) is 6.60. The molecule has 74 valence electrons. The van der Waals surface area contributed by atoms with Crippen LogP contribution >= 0.6 is 0 Å². The smallest absolute Gasteiger partial charge is 0.258 e. The predicted octanol–water partition coefficient (Wildman–Crippen LogP) is 2.11. The number of aromatic nitrogens is 2. The van der Waals surface area contributed by atoms with E-state index in [1.807, 2.05) is 13.8 Å². The van der Waals surface area contributed by atoms with Crippen molar-refractivity contribution in [3.8, 4) is 0 Å². The van der Waals surface area contributed by atoms with E-state index in [1.165, 1.54) is 16.8 Å². The Balaban J connectivity index is 3.46. The largest absolute Gasteiger partial charge is 0.269 e. The molecule has 0 atom stereocenters. The van der Waals surface area contributed by atoms with Crippen LogP contribution in [0.1, 0.15) is 31.3 Å². The fraction of sp³-hybridized carbons (Fsp3) is 0.273. The molecule has 0 N–H and O–H groups in total. The van der Waals surface area contributed by atoms with Gasteiger partial charge in [0.1, 0.15) is 5.82 Å². The Kier molecular flexibility index (Phi) is 3.02. The molecule has 1 rings (SSSR count). The summed E-state index contributed by atoms with van der Waals surface area (Å²) in [6, 6.07) is 1.53. The normalized spacial score (nSPS) is 10.2. The Bertz CT molecular complexity index is 416. The number of nitrogens with zero attached hydrogens (tertiary/aromatic N) is 2. The van der Waals surface area contributed by atoms with Crippen LogP contribution in [0.25, 0.3) is 12.3 Å². The first kappa shape index (κ1) is 10.4. The highest BCUT2D eigenvalue weighted by Gasteiger charge is 2.06. The lowest BCUT2D eigenvalue weighted by atomic mass is 10.1. The first-order valence-corrected chi connectivity index (χ1v) is 4.48. The third-order valence-electron chi connectivity index (χ3n) is 1.96. The quantitative estimate of drug-likeness (QED) is 0.731. The van der Waals surface area contributed by atoms with Crippen LogP contribution in [0.4, 0.5) is 0 Å². The van der Waals surface area contributed by atoms with E-state index in [0.717, 1.165) is 5.69 Å². The molecule has 0 aliphatic carbocycles. The van der Waals surface area contributed by atoms with Crippen molar-refractivity contribution in [2.75, 3.05) is 0 Å². The Morgan fingerprint density at radius 1 is 1.50 bits per heavy atom. The second-order valence-corrected chi connectivity index (χ2v) is 3.29. The van der Waals surface area contributed by atoms with Gasteiger partial charge in [0.25, 0.3) is 5.56 Å². The summed E-state index contributed by atoms with van der Waals surface area (Å²) < 4.78 is 1.37. The molecular weight excluding hydrogens is 176 g/mol. The molecule has 0 amide bonds. The van der Waals surface area contributed by atoms with Gasteiger partial charge < -0.3 is 0 Å². The molecule has 0 fully saturated rings. The third kappa shape index (κ3) is 1.82. The van der Waals surface area contributed by atoms with Crippen LogP contribution in [0.5, 0.6) is 0 Å². The number of hydrogen-bond acceptors (Lipinski definition) is 2. The second kappa shape index (κ2) is 4.05. The summed E-state index contributed by atoms with van der Waals surface area (Å²) in [5.41, 5.74) is 0.664. The second-order valence-electron chi connectivity index (χ2n) is 3.29. The van der Waals surface area contributed by atoms with E-state index in [4.69, 9.17) is 0 Å². The van der Waals surface area contributed by atoms with Gasteiger partial charge in [-0.1, -0.05) is 27.0 Å². The lowest BCUT2D eigenvalue weighted by Crippen LogP contribution is -2.20. The first-order valence-electron chi connectivity index (χ1n) is 4.48. The highest BCUT2D eigenvalue weighted by molar-refractivity contribution is 5.42. The molecule has 0 saturated heterocycles. The summed E-state index contributed by atoms with van der Waals surface area (Å²) in [7, 11) is 0. The Hall–Kier alpha value is -1.64. The number of rotatable bonds is 3. The summed E-state index contributed by atoms with van der Waals surface area (Å²) in [6.07, 6.45) is 2.99. The minimum Gasteiger partial charge on any atom is -0.269 e. The van der Waals surface area contributed by atoms with Gasteiger partial charge in [0.05, 0.1) is 5.69 Å². The summed E-state index contributed by atoms with van der Waals surface area (Å²) in [4.78, 5) is 15.9. The van der Waals surface area contributed by atoms with E-state index in [-0.39, 0.29) is 11.5 Å². The van der Waals surface area contributed by atoms with Crippen LogP contribution in [0.15, 0.2) is 24.0 Å². The van der Waals surface area contributed by atoms with Gasteiger partial charge in [-0.3, -0.25) is 9.36 Å². The van der Waals surface area contributed by atoms with Crippen molar-refractivity contribution in [1.29, 1.82) is 0 Å².